The summed E-state index contributed by atoms with van der Waals surface area (Å²) in [6.07, 6.45) is 2.15. The largest absolute Gasteiger partial charge is 0.454 e. The van der Waals surface area contributed by atoms with Gasteiger partial charge in [0.1, 0.15) is 0 Å². The van der Waals surface area contributed by atoms with Gasteiger partial charge in [0.15, 0.2) is 17.3 Å². The van der Waals surface area contributed by atoms with Gasteiger partial charge in [-0.3, -0.25) is 9.80 Å². The fourth-order valence-electron chi connectivity index (χ4n) is 4.07. The van der Waals surface area contributed by atoms with E-state index in [4.69, 9.17) is 14.2 Å². The fourth-order valence-corrected chi connectivity index (χ4v) is 4.07. The van der Waals surface area contributed by atoms with Crippen LogP contribution >= 0.6 is 0 Å². The van der Waals surface area contributed by atoms with Crippen LogP contribution in [0.15, 0.2) is 18.2 Å². The Labute approximate surface area is 171 Å². The first-order chi connectivity index (χ1) is 14.3. The Morgan fingerprint density at radius 1 is 1.14 bits per heavy atom. The number of ether oxygens (including phenoxy) is 3. The number of hydrogen-bond donors (Lipinski definition) is 0. The fraction of sp³-hybridized carbons (Fsp3) is 0.650. The lowest BCUT2D eigenvalue weighted by molar-refractivity contribution is 0.0807. The predicted molar refractivity (Wildman–Crippen MR) is 107 cm³/mol. The molecule has 1 unspecified atom stereocenters. The van der Waals surface area contributed by atoms with E-state index in [0.717, 1.165) is 62.9 Å². The molecular formula is C20H30N6O3. The predicted octanol–water partition coefficient (Wildman–Crippen LogP) is 1.71. The molecule has 4 rings (SSSR count). The standard InChI is InChI=1S/C20H30N6O3/c1-3-4-17(20-21-22-23-26(20)11-12-27-2)25-9-7-24(8-10-25)14-16-5-6-18-19(13-16)29-15-28-18/h5-6,13,17H,3-4,7-12,14-15H2,1-2H3. The van der Waals surface area contributed by atoms with Crippen molar-refractivity contribution < 1.29 is 14.2 Å². The van der Waals surface area contributed by atoms with Gasteiger partial charge in [0.2, 0.25) is 6.79 Å². The number of methoxy groups -OCH3 is 1. The molecule has 0 radical (unpaired) electrons. The second-order valence-electron chi connectivity index (χ2n) is 7.56. The summed E-state index contributed by atoms with van der Waals surface area (Å²) in [5.74, 6) is 2.65. The van der Waals surface area contributed by atoms with E-state index in [-0.39, 0.29) is 6.04 Å². The molecule has 2 aliphatic rings. The zero-order chi connectivity index (χ0) is 20.1. The molecule has 0 N–H and O–H groups in total. The van der Waals surface area contributed by atoms with Crippen LogP contribution in [0, 0.1) is 0 Å². The Kier molecular flexibility index (Phi) is 6.58. The van der Waals surface area contributed by atoms with Crippen LogP contribution in [-0.2, 0) is 17.8 Å². The maximum absolute atomic E-state index is 5.51. The monoisotopic (exact) mass is 402 g/mol. The summed E-state index contributed by atoms with van der Waals surface area (Å²) in [5, 5.41) is 12.4. The zero-order valence-electron chi connectivity index (χ0n) is 17.3. The maximum Gasteiger partial charge on any atom is 0.231 e. The molecule has 2 aromatic rings. The van der Waals surface area contributed by atoms with Gasteiger partial charge in [-0.15, -0.1) is 5.10 Å². The molecular weight excluding hydrogens is 372 g/mol. The van der Waals surface area contributed by atoms with E-state index in [0.29, 0.717) is 19.9 Å². The van der Waals surface area contributed by atoms with E-state index in [1.54, 1.807) is 7.11 Å². The van der Waals surface area contributed by atoms with Crippen molar-refractivity contribution in [1.82, 2.24) is 30.0 Å². The average Bonchev–Trinajstić information content (AvgIpc) is 3.40. The van der Waals surface area contributed by atoms with Crippen LogP contribution in [0.2, 0.25) is 0 Å². The third kappa shape index (κ3) is 4.68. The zero-order valence-corrected chi connectivity index (χ0v) is 17.3. The number of fused-ring (bicyclic) bond motifs is 1. The average molecular weight is 402 g/mol. The number of tetrazole rings is 1. The number of piperazine rings is 1. The molecule has 158 valence electrons. The van der Waals surface area contributed by atoms with E-state index in [1.165, 1.54) is 5.56 Å². The second-order valence-corrected chi connectivity index (χ2v) is 7.56. The van der Waals surface area contributed by atoms with Gasteiger partial charge in [-0.25, -0.2) is 4.68 Å². The Morgan fingerprint density at radius 3 is 2.76 bits per heavy atom. The highest BCUT2D eigenvalue weighted by Crippen LogP contribution is 2.33. The molecule has 0 aliphatic carbocycles. The van der Waals surface area contributed by atoms with Gasteiger partial charge in [-0.05, 0) is 34.5 Å². The smallest absolute Gasteiger partial charge is 0.231 e. The SMILES string of the molecule is CCCC(c1nnnn1CCOC)N1CCN(Cc2ccc3c(c2)OCO3)CC1. The van der Waals surface area contributed by atoms with Crippen LogP contribution in [0.4, 0.5) is 0 Å². The molecule has 3 heterocycles. The van der Waals surface area contributed by atoms with E-state index in [9.17, 15) is 0 Å². The lowest BCUT2D eigenvalue weighted by atomic mass is 10.1. The highest BCUT2D eigenvalue weighted by molar-refractivity contribution is 5.44. The van der Waals surface area contributed by atoms with Crippen molar-refractivity contribution in [3.8, 4) is 11.5 Å². The molecule has 1 aromatic carbocycles. The highest BCUT2D eigenvalue weighted by atomic mass is 16.7. The minimum Gasteiger partial charge on any atom is -0.454 e. The van der Waals surface area contributed by atoms with Crippen molar-refractivity contribution in [2.75, 3.05) is 46.7 Å². The third-order valence-electron chi connectivity index (χ3n) is 5.62. The summed E-state index contributed by atoms with van der Waals surface area (Å²) in [6.45, 7) is 8.81. The van der Waals surface area contributed by atoms with Crippen LogP contribution in [0.5, 0.6) is 11.5 Å². The molecule has 1 aromatic heterocycles. The quantitative estimate of drug-likeness (QED) is 0.627. The van der Waals surface area contributed by atoms with Crippen molar-refractivity contribution in [3.05, 3.63) is 29.6 Å². The first kappa shape index (κ1) is 20.1. The summed E-state index contributed by atoms with van der Waals surface area (Å²) in [5.41, 5.74) is 1.26. The Morgan fingerprint density at radius 2 is 1.97 bits per heavy atom. The topological polar surface area (TPSA) is 77.8 Å². The first-order valence-corrected chi connectivity index (χ1v) is 10.4. The van der Waals surface area contributed by atoms with Gasteiger partial charge in [0.05, 0.1) is 19.2 Å². The van der Waals surface area contributed by atoms with Gasteiger partial charge in [0, 0.05) is 39.8 Å². The molecule has 2 aliphatic heterocycles. The molecule has 1 saturated heterocycles. The van der Waals surface area contributed by atoms with Crippen molar-refractivity contribution in [2.24, 2.45) is 0 Å². The van der Waals surface area contributed by atoms with E-state index >= 15 is 0 Å². The summed E-state index contributed by atoms with van der Waals surface area (Å²) >= 11 is 0. The van der Waals surface area contributed by atoms with E-state index in [2.05, 4.69) is 44.4 Å². The van der Waals surface area contributed by atoms with Crippen LogP contribution in [0.25, 0.3) is 0 Å². The number of rotatable bonds is 9. The van der Waals surface area contributed by atoms with Crippen molar-refractivity contribution in [3.63, 3.8) is 0 Å². The Bertz CT molecular complexity index is 790. The summed E-state index contributed by atoms with van der Waals surface area (Å²) in [4.78, 5) is 5.01. The second kappa shape index (κ2) is 9.51. The van der Waals surface area contributed by atoms with E-state index in [1.807, 2.05) is 10.7 Å². The molecule has 1 atom stereocenters. The number of hydrogen-bond acceptors (Lipinski definition) is 8. The Hall–Kier alpha value is -2.23. The summed E-state index contributed by atoms with van der Waals surface area (Å²) < 4.78 is 18.0. The van der Waals surface area contributed by atoms with E-state index < -0.39 is 0 Å². The normalized spacial score (nSPS) is 18.3. The Balaban J connectivity index is 1.36. The van der Waals surface area contributed by atoms with Crippen molar-refractivity contribution >= 4 is 0 Å². The molecule has 9 nitrogen and oxygen atoms in total. The van der Waals surface area contributed by atoms with Crippen LogP contribution in [0.3, 0.4) is 0 Å². The molecule has 0 saturated carbocycles. The number of nitrogens with zero attached hydrogens (tertiary/aromatic N) is 6. The molecule has 1 fully saturated rings. The lowest BCUT2D eigenvalue weighted by Crippen LogP contribution is -2.47. The van der Waals surface area contributed by atoms with Crippen LogP contribution < -0.4 is 9.47 Å². The summed E-state index contributed by atoms with van der Waals surface area (Å²) in [6, 6.07) is 6.48. The molecule has 0 bridgehead atoms. The van der Waals surface area contributed by atoms with Crippen molar-refractivity contribution in [2.45, 2.75) is 38.9 Å². The van der Waals surface area contributed by atoms with Gasteiger partial charge >= 0.3 is 0 Å². The molecule has 0 spiro atoms. The number of aromatic nitrogens is 4. The summed E-state index contributed by atoms with van der Waals surface area (Å²) in [7, 11) is 1.70. The van der Waals surface area contributed by atoms with Crippen LogP contribution in [-0.4, -0.2) is 76.7 Å². The minimum atomic E-state index is 0.250. The minimum absolute atomic E-state index is 0.250. The number of benzene rings is 1. The highest BCUT2D eigenvalue weighted by Gasteiger charge is 2.28. The van der Waals surface area contributed by atoms with Gasteiger partial charge in [0.25, 0.3) is 0 Å². The molecule has 9 heteroatoms. The maximum atomic E-state index is 5.51. The van der Waals surface area contributed by atoms with Crippen molar-refractivity contribution in [1.29, 1.82) is 0 Å². The molecule has 29 heavy (non-hydrogen) atoms. The molecule has 0 amide bonds. The first-order valence-electron chi connectivity index (χ1n) is 10.4. The lowest BCUT2D eigenvalue weighted by Gasteiger charge is -2.38. The van der Waals surface area contributed by atoms with Gasteiger partial charge < -0.3 is 14.2 Å². The van der Waals surface area contributed by atoms with Crippen LogP contribution in [0.1, 0.15) is 37.2 Å². The van der Waals surface area contributed by atoms with Gasteiger partial charge in [-0.1, -0.05) is 19.4 Å². The van der Waals surface area contributed by atoms with Gasteiger partial charge in [-0.2, -0.15) is 0 Å². The third-order valence-corrected chi connectivity index (χ3v) is 5.62.